The Labute approximate surface area is 225 Å². The highest BCUT2D eigenvalue weighted by atomic mass is 19.1. The number of hydrogen-bond acceptors (Lipinski definition) is 3. The molecule has 1 heterocycles. The van der Waals surface area contributed by atoms with Crippen LogP contribution < -0.4 is 10.2 Å². The van der Waals surface area contributed by atoms with Gasteiger partial charge in [-0.2, -0.15) is 0 Å². The van der Waals surface area contributed by atoms with E-state index in [1.165, 1.54) is 31.2 Å². The maximum atomic E-state index is 13.6. The minimum absolute atomic E-state index is 0.0926. The molecular formula is C32H28F2N2O3. The van der Waals surface area contributed by atoms with Crippen molar-refractivity contribution in [1.29, 1.82) is 0 Å². The lowest BCUT2D eigenvalue weighted by atomic mass is 9.78. The van der Waals surface area contributed by atoms with E-state index in [-0.39, 0.29) is 35.4 Å². The normalized spacial score (nSPS) is 17.4. The smallest absolute Gasteiger partial charge is 0.233 e. The Morgan fingerprint density at radius 3 is 2.18 bits per heavy atom. The van der Waals surface area contributed by atoms with Crippen LogP contribution in [0.15, 0.2) is 97.1 Å². The average Bonchev–Trinajstić information content (AvgIpc) is 2.93. The number of nitrogens with one attached hydrogen (secondary N) is 1. The predicted molar refractivity (Wildman–Crippen MR) is 147 cm³/mol. The van der Waals surface area contributed by atoms with Crippen molar-refractivity contribution >= 4 is 23.2 Å². The van der Waals surface area contributed by atoms with Crippen LogP contribution in [0.5, 0.6) is 0 Å². The van der Waals surface area contributed by atoms with Crippen molar-refractivity contribution < 1.29 is 23.5 Å². The summed E-state index contributed by atoms with van der Waals surface area (Å²) in [7, 11) is 0. The van der Waals surface area contributed by atoms with Gasteiger partial charge in [-0.1, -0.05) is 48.5 Å². The van der Waals surface area contributed by atoms with E-state index in [0.717, 1.165) is 16.7 Å². The molecule has 0 bridgehead atoms. The van der Waals surface area contributed by atoms with Crippen molar-refractivity contribution in [3.63, 3.8) is 0 Å². The van der Waals surface area contributed by atoms with Crippen LogP contribution in [-0.4, -0.2) is 16.9 Å². The lowest BCUT2D eigenvalue weighted by Gasteiger charge is -2.48. The van der Waals surface area contributed by atoms with Crippen molar-refractivity contribution in [2.24, 2.45) is 5.92 Å². The van der Waals surface area contributed by atoms with Crippen molar-refractivity contribution in [3.05, 3.63) is 120 Å². The third-order valence-corrected chi connectivity index (χ3v) is 7.09. The Balaban J connectivity index is 1.39. The number of anilines is 2. The molecule has 0 spiro atoms. The minimum Gasteiger partial charge on any atom is -0.388 e. The van der Waals surface area contributed by atoms with Crippen LogP contribution in [0.4, 0.5) is 20.2 Å². The van der Waals surface area contributed by atoms with E-state index in [9.17, 15) is 23.5 Å². The number of carbonyl (C=O) groups excluding carboxylic acids is 2. The second-order valence-corrected chi connectivity index (χ2v) is 9.76. The van der Waals surface area contributed by atoms with Crippen LogP contribution in [0, 0.1) is 17.6 Å². The lowest BCUT2D eigenvalue weighted by molar-refractivity contribution is -0.131. The number of carbonyl (C=O) groups is 2. The van der Waals surface area contributed by atoms with E-state index < -0.39 is 6.10 Å². The zero-order valence-electron chi connectivity index (χ0n) is 21.4. The molecule has 3 atom stereocenters. The van der Waals surface area contributed by atoms with Gasteiger partial charge in [0.25, 0.3) is 0 Å². The van der Waals surface area contributed by atoms with E-state index in [4.69, 9.17) is 0 Å². The molecule has 5 nitrogen and oxygen atoms in total. The highest BCUT2D eigenvalue weighted by Crippen LogP contribution is 2.46. The maximum absolute atomic E-state index is 13.6. The fraction of sp³-hybridized carbons (Fsp3) is 0.188. The van der Waals surface area contributed by atoms with Gasteiger partial charge < -0.3 is 15.3 Å². The van der Waals surface area contributed by atoms with Gasteiger partial charge in [-0.3, -0.25) is 9.59 Å². The summed E-state index contributed by atoms with van der Waals surface area (Å²) >= 11 is 0. The number of aliphatic hydroxyl groups excluding tert-OH is 1. The van der Waals surface area contributed by atoms with Crippen LogP contribution in [0.1, 0.15) is 43.0 Å². The third kappa shape index (κ3) is 5.73. The first-order chi connectivity index (χ1) is 18.8. The lowest BCUT2D eigenvalue weighted by Crippen LogP contribution is -2.55. The first-order valence-corrected chi connectivity index (χ1v) is 12.8. The van der Waals surface area contributed by atoms with Crippen LogP contribution in [0.3, 0.4) is 0 Å². The fourth-order valence-corrected chi connectivity index (χ4v) is 5.14. The first kappa shape index (κ1) is 26.3. The Morgan fingerprint density at radius 2 is 1.54 bits per heavy atom. The van der Waals surface area contributed by atoms with E-state index in [0.29, 0.717) is 29.8 Å². The maximum Gasteiger partial charge on any atom is 0.233 e. The molecule has 0 aliphatic carbocycles. The number of benzene rings is 4. The number of nitrogens with zero attached hydrogens (tertiary/aromatic N) is 1. The number of amides is 2. The predicted octanol–water partition coefficient (Wildman–Crippen LogP) is 6.81. The van der Waals surface area contributed by atoms with Crippen molar-refractivity contribution in [2.45, 2.75) is 31.9 Å². The highest BCUT2D eigenvalue weighted by molar-refractivity contribution is 6.03. The summed E-state index contributed by atoms with van der Waals surface area (Å²) in [5.74, 6) is -1.37. The van der Waals surface area contributed by atoms with Gasteiger partial charge in [-0.05, 0) is 83.6 Å². The Morgan fingerprint density at radius 1 is 0.897 bits per heavy atom. The Kier molecular flexibility index (Phi) is 7.52. The molecule has 1 aliphatic heterocycles. The minimum atomic E-state index is -0.822. The van der Waals surface area contributed by atoms with Gasteiger partial charge in [0, 0.05) is 18.3 Å². The zero-order chi connectivity index (χ0) is 27.5. The van der Waals surface area contributed by atoms with Gasteiger partial charge in [0.15, 0.2) is 0 Å². The molecule has 3 unspecified atom stereocenters. The molecule has 0 radical (unpaired) electrons. The van der Waals surface area contributed by atoms with Crippen molar-refractivity contribution in [1.82, 2.24) is 0 Å². The van der Waals surface area contributed by atoms with Gasteiger partial charge >= 0.3 is 0 Å². The fourth-order valence-electron chi connectivity index (χ4n) is 5.14. The van der Waals surface area contributed by atoms with E-state index in [1.807, 2.05) is 48.5 Å². The summed E-state index contributed by atoms with van der Waals surface area (Å²) in [5.41, 5.74) is 4.72. The van der Waals surface area contributed by atoms with Gasteiger partial charge in [-0.15, -0.1) is 0 Å². The van der Waals surface area contributed by atoms with E-state index >= 15 is 0 Å². The molecule has 4 aromatic carbocycles. The molecule has 39 heavy (non-hydrogen) atoms. The summed E-state index contributed by atoms with van der Waals surface area (Å²) in [6, 6.07) is 26.7. The van der Waals surface area contributed by atoms with Crippen LogP contribution in [0.25, 0.3) is 11.1 Å². The van der Waals surface area contributed by atoms with Crippen LogP contribution in [-0.2, 0) is 9.59 Å². The average molecular weight is 527 g/mol. The number of aliphatic hydroxyl groups is 1. The quantitative estimate of drug-likeness (QED) is 0.248. The van der Waals surface area contributed by atoms with Crippen LogP contribution >= 0.6 is 0 Å². The SMILES string of the molecule is CC(=O)Nc1cccc(-c2ccc(C3C(CCC(O)c4ccc(F)cc4)C(=O)N3c3ccc(F)cc3)cc2)c1. The molecule has 7 heteroatoms. The summed E-state index contributed by atoms with van der Waals surface area (Å²) in [4.78, 5) is 26.4. The highest BCUT2D eigenvalue weighted by Gasteiger charge is 2.48. The molecule has 1 saturated heterocycles. The van der Waals surface area contributed by atoms with Crippen molar-refractivity contribution in [2.75, 3.05) is 10.2 Å². The Hall–Kier alpha value is -4.36. The second-order valence-electron chi connectivity index (χ2n) is 9.76. The summed E-state index contributed by atoms with van der Waals surface area (Å²) in [6.45, 7) is 1.46. The molecule has 0 aromatic heterocycles. The molecule has 2 amide bonds. The monoisotopic (exact) mass is 526 g/mol. The molecule has 4 aromatic rings. The molecule has 2 N–H and O–H groups in total. The molecule has 1 fully saturated rings. The van der Waals surface area contributed by atoms with Crippen molar-refractivity contribution in [3.8, 4) is 11.1 Å². The van der Waals surface area contributed by atoms with Gasteiger partial charge in [0.05, 0.1) is 18.1 Å². The summed E-state index contributed by atoms with van der Waals surface area (Å²) in [5, 5.41) is 13.5. The van der Waals surface area contributed by atoms with E-state index in [1.54, 1.807) is 29.2 Å². The molecule has 198 valence electrons. The topological polar surface area (TPSA) is 69.6 Å². The van der Waals surface area contributed by atoms with Gasteiger partial charge in [0.2, 0.25) is 11.8 Å². The van der Waals surface area contributed by atoms with Gasteiger partial charge in [0.1, 0.15) is 11.6 Å². The first-order valence-electron chi connectivity index (χ1n) is 12.8. The van der Waals surface area contributed by atoms with Gasteiger partial charge in [-0.25, -0.2) is 8.78 Å². The van der Waals surface area contributed by atoms with Crippen LogP contribution in [0.2, 0.25) is 0 Å². The number of β-lactam (4-membered cyclic amide) rings is 1. The Bertz CT molecular complexity index is 1470. The number of rotatable bonds is 8. The number of hydrogen-bond donors (Lipinski definition) is 2. The summed E-state index contributed by atoms with van der Waals surface area (Å²) < 4.78 is 26.9. The molecular weight excluding hydrogens is 498 g/mol. The molecule has 1 aliphatic rings. The zero-order valence-corrected chi connectivity index (χ0v) is 21.4. The standard InChI is InChI=1S/C32H28F2N2O3/c1-20(37)35-27-4-2-3-24(19-27)21-5-7-23(8-6-21)31-29(17-18-30(38)22-9-11-25(33)12-10-22)32(39)36(31)28-15-13-26(34)14-16-28/h2-16,19,29-31,38H,17-18H2,1H3,(H,35,37). The number of halogens is 2. The second kappa shape index (κ2) is 11.2. The third-order valence-electron chi connectivity index (χ3n) is 7.09. The molecule has 0 saturated carbocycles. The summed E-state index contributed by atoms with van der Waals surface area (Å²) in [6.07, 6.45) is -0.0541. The largest absolute Gasteiger partial charge is 0.388 e. The van der Waals surface area contributed by atoms with E-state index in [2.05, 4.69) is 5.32 Å². The molecule has 5 rings (SSSR count).